The first-order chi connectivity index (χ1) is 7.24. The van der Waals surface area contributed by atoms with Gasteiger partial charge in [0.1, 0.15) is 6.10 Å². The summed E-state index contributed by atoms with van der Waals surface area (Å²) in [5.41, 5.74) is -1.67. The predicted octanol–water partition coefficient (Wildman–Crippen LogP) is -0.359. The zero-order valence-electron chi connectivity index (χ0n) is 10.5. The molecule has 0 aromatic heterocycles. The maximum absolute atomic E-state index is 11.9. The fourth-order valence-corrected chi connectivity index (χ4v) is 1.28. The minimum atomic E-state index is -0.981. The summed E-state index contributed by atoms with van der Waals surface area (Å²) in [5.74, 6) is -0.181. The lowest BCUT2D eigenvalue weighted by Crippen LogP contribution is -2.61. The van der Waals surface area contributed by atoms with Crippen molar-refractivity contribution in [2.75, 3.05) is 19.7 Å². The number of ether oxygens (including phenoxy) is 1. The average molecular weight is 230 g/mol. The van der Waals surface area contributed by atoms with Crippen LogP contribution in [-0.2, 0) is 9.53 Å². The summed E-state index contributed by atoms with van der Waals surface area (Å²) in [4.78, 5) is 11.9. The van der Waals surface area contributed by atoms with Gasteiger partial charge in [0.2, 0.25) is 0 Å². The molecule has 1 saturated heterocycles. The molecule has 1 aliphatic rings. The lowest BCUT2D eigenvalue weighted by Gasteiger charge is -2.39. The van der Waals surface area contributed by atoms with Gasteiger partial charge in [0.05, 0.1) is 17.7 Å². The number of hydrogen-bond donors (Lipinski definition) is 3. The van der Waals surface area contributed by atoms with Crippen LogP contribution in [-0.4, -0.2) is 48.0 Å². The van der Waals surface area contributed by atoms with Crippen molar-refractivity contribution in [3.05, 3.63) is 0 Å². The molecule has 1 aliphatic heterocycles. The minimum Gasteiger partial charge on any atom is -0.388 e. The molecule has 16 heavy (non-hydrogen) atoms. The summed E-state index contributed by atoms with van der Waals surface area (Å²) in [6.45, 7) is 8.77. The van der Waals surface area contributed by atoms with Crippen molar-refractivity contribution >= 4 is 5.91 Å². The Labute approximate surface area is 96.6 Å². The summed E-state index contributed by atoms with van der Waals surface area (Å²) < 4.78 is 5.34. The summed E-state index contributed by atoms with van der Waals surface area (Å²) in [6, 6.07) is 0. The zero-order valence-corrected chi connectivity index (χ0v) is 10.5. The lowest BCUT2D eigenvalue weighted by atomic mass is 9.86. The number of nitrogens with one attached hydrogen (secondary N) is 2. The maximum atomic E-state index is 11.9. The van der Waals surface area contributed by atoms with Crippen molar-refractivity contribution in [1.29, 1.82) is 0 Å². The third kappa shape index (κ3) is 3.17. The molecule has 1 unspecified atom stereocenters. The van der Waals surface area contributed by atoms with Crippen molar-refractivity contribution in [2.24, 2.45) is 0 Å². The van der Waals surface area contributed by atoms with Gasteiger partial charge < -0.3 is 20.5 Å². The second-order valence-corrected chi connectivity index (χ2v) is 5.24. The van der Waals surface area contributed by atoms with Gasteiger partial charge in [-0.2, -0.15) is 0 Å². The molecule has 0 spiro atoms. The largest absolute Gasteiger partial charge is 0.388 e. The van der Waals surface area contributed by atoms with Crippen LogP contribution in [0.2, 0.25) is 0 Å². The fraction of sp³-hybridized carbons (Fsp3) is 0.909. The Bertz CT molecular complexity index is 252. The fourth-order valence-electron chi connectivity index (χ4n) is 1.28. The van der Waals surface area contributed by atoms with Gasteiger partial charge in [-0.3, -0.25) is 4.79 Å². The van der Waals surface area contributed by atoms with Crippen molar-refractivity contribution < 1.29 is 14.6 Å². The van der Waals surface area contributed by atoms with E-state index in [0.29, 0.717) is 13.2 Å². The van der Waals surface area contributed by atoms with E-state index in [2.05, 4.69) is 10.6 Å². The van der Waals surface area contributed by atoms with Gasteiger partial charge in [-0.05, 0) is 27.7 Å². The van der Waals surface area contributed by atoms with E-state index in [9.17, 15) is 9.90 Å². The first kappa shape index (κ1) is 13.4. The van der Waals surface area contributed by atoms with Crippen molar-refractivity contribution in [3.8, 4) is 0 Å². The molecule has 1 heterocycles. The van der Waals surface area contributed by atoms with E-state index in [1.165, 1.54) is 0 Å². The molecule has 3 N–H and O–H groups in total. The lowest BCUT2D eigenvalue weighted by molar-refractivity contribution is -0.139. The van der Waals surface area contributed by atoms with Gasteiger partial charge in [-0.1, -0.05) is 0 Å². The van der Waals surface area contributed by atoms with E-state index >= 15 is 0 Å². The van der Waals surface area contributed by atoms with Crippen LogP contribution in [0.4, 0.5) is 0 Å². The van der Waals surface area contributed by atoms with Crippen LogP contribution in [0.1, 0.15) is 27.7 Å². The number of rotatable bonds is 3. The number of carbonyl (C=O) groups is 1. The molecule has 1 amide bonds. The molecule has 0 radical (unpaired) electrons. The van der Waals surface area contributed by atoms with Crippen molar-refractivity contribution in [3.63, 3.8) is 0 Å². The van der Waals surface area contributed by atoms with Gasteiger partial charge in [0.25, 0.3) is 5.91 Å². The molecular weight excluding hydrogens is 208 g/mol. The average Bonchev–Trinajstić information content (AvgIpc) is 2.16. The summed E-state index contributed by atoms with van der Waals surface area (Å²) in [7, 11) is 0. The van der Waals surface area contributed by atoms with Crippen LogP contribution >= 0.6 is 0 Å². The van der Waals surface area contributed by atoms with Crippen LogP contribution in [0.15, 0.2) is 0 Å². The van der Waals surface area contributed by atoms with E-state index in [-0.39, 0.29) is 5.91 Å². The molecule has 0 bridgehead atoms. The predicted molar refractivity (Wildman–Crippen MR) is 61.1 cm³/mol. The van der Waals surface area contributed by atoms with Crippen molar-refractivity contribution in [1.82, 2.24) is 10.6 Å². The summed E-state index contributed by atoms with van der Waals surface area (Å²) >= 11 is 0. The van der Waals surface area contributed by atoms with Gasteiger partial charge in [0, 0.05) is 13.1 Å². The third-order valence-electron chi connectivity index (χ3n) is 3.19. The molecule has 5 nitrogen and oxygen atoms in total. The highest BCUT2D eigenvalue weighted by molar-refractivity contribution is 5.82. The van der Waals surface area contributed by atoms with E-state index in [4.69, 9.17) is 4.74 Å². The van der Waals surface area contributed by atoms with E-state index in [0.717, 1.165) is 6.54 Å². The Balaban J connectivity index is 2.56. The van der Waals surface area contributed by atoms with Crippen LogP contribution < -0.4 is 10.6 Å². The second-order valence-electron chi connectivity index (χ2n) is 5.24. The molecule has 0 saturated carbocycles. The van der Waals surface area contributed by atoms with Gasteiger partial charge >= 0.3 is 0 Å². The number of amides is 1. The Kier molecular flexibility index (Phi) is 3.93. The quantitative estimate of drug-likeness (QED) is 0.619. The Morgan fingerprint density at radius 1 is 1.44 bits per heavy atom. The topological polar surface area (TPSA) is 70.6 Å². The number of hydrogen-bond acceptors (Lipinski definition) is 4. The monoisotopic (exact) mass is 230 g/mol. The smallest absolute Gasteiger partial charge is 0.250 e. The number of aliphatic hydroxyl groups is 1. The second kappa shape index (κ2) is 4.69. The van der Waals surface area contributed by atoms with Crippen LogP contribution in [0.3, 0.4) is 0 Å². The molecule has 0 aromatic rings. The van der Waals surface area contributed by atoms with Gasteiger partial charge in [-0.25, -0.2) is 0 Å². The molecule has 1 fully saturated rings. The first-order valence-electron chi connectivity index (χ1n) is 5.61. The number of morpholine rings is 1. The molecule has 0 aromatic carbocycles. The Hall–Kier alpha value is -0.650. The Morgan fingerprint density at radius 3 is 2.50 bits per heavy atom. The SMILES string of the molecule is CC(C)(O)C(C)(C)NC(=O)C1CNCCO1. The first-order valence-corrected chi connectivity index (χ1v) is 5.61. The normalized spacial score (nSPS) is 22.9. The molecule has 1 rings (SSSR count). The molecule has 1 atom stereocenters. The van der Waals surface area contributed by atoms with Crippen LogP contribution in [0.25, 0.3) is 0 Å². The van der Waals surface area contributed by atoms with Crippen molar-refractivity contribution in [2.45, 2.75) is 44.9 Å². The summed E-state index contributed by atoms with van der Waals surface area (Å²) in [5, 5.41) is 15.8. The standard InChI is InChI=1S/C11H22N2O3/c1-10(2,11(3,4)15)13-9(14)8-7-12-5-6-16-8/h8,12,15H,5-7H2,1-4H3,(H,13,14). The highest BCUT2D eigenvalue weighted by atomic mass is 16.5. The highest BCUT2D eigenvalue weighted by Gasteiger charge is 2.38. The van der Waals surface area contributed by atoms with E-state index < -0.39 is 17.2 Å². The van der Waals surface area contributed by atoms with Crippen LogP contribution in [0, 0.1) is 0 Å². The zero-order chi connectivity index (χ0) is 12.4. The number of carbonyl (C=O) groups excluding carboxylic acids is 1. The van der Waals surface area contributed by atoms with E-state index in [1.807, 2.05) is 0 Å². The van der Waals surface area contributed by atoms with Crippen LogP contribution in [0.5, 0.6) is 0 Å². The van der Waals surface area contributed by atoms with E-state index in [1.54, 1.807) is 27.7 Å². The molecular formula is C11H22N2O3. The summed E-state index contributed by atoms with van der Waals surface area (Å²) in [6.07, 6.45) is -0.463. The minimum absolute atomic E-state index is 0.181. The highest BCUT2D eigenvalue weighted by Crippen LogP contribution is 2.20. The maximum Gasteiger partial charge on any atom is 0.250 e. The molecule has 0 aliphatic carbocycles. The molecule has 5 heteroatoms. The van der Waals surface area contributed by atoms with Gasteiger partial charge in [-0.15, -0.1) is 0 Å². The van der Waals surface area contributed by atoms with Gasteiger partial charge in [0.15, 0.2) is 0 Å². The third-order valence-corrected chi connectivity index (χ3v) is 3.19. The Morgan fingerprint density at radius 2 is 2.06 bits per heavy atom. The molecule has 94 valence electrons.